The van der Waals surface area contributed by atoms with Gasteiger partial charge in [0.2, 0.25) is 5.91 Å². The number of rotatable bonds is 4. The van der Waals surface area contributed by atoms with Gasteiger partial charge in [0.05, 0.1) is 44.7 Å². The molecule has 240 valence electrons. The zero-order valence-electron chi connectivity index (χ0n) is 24.8. The van der Waals surface area contributed by atoms with Crippen LogP contribution in [-0.4, -0.2) is 70.3 Å². The molecule has 1 atom stereocenters. The van der Waals surface area contributed by atoms with E-state index in [1.807, 2.05) is 13.8 Å². The predicted molar refractivity (Wildman–Crippen MR) is 166 cm³/mol. The van der Waals surface area contributed by atoms with Crippen LogP contribution in [0.1, 0.15) is 31.0 Å². The molecule has 46 heavy (non-hydrogen) atoms. The van der Waals surface area contributed by atoms with Crippen LogP contribution in [0.3, 0.4) is 0 Å². The highest BCUT2D eigenvalue weighted by Crippen LogP contribution is 2.49. The van der Waals surface area contributed by atoms with E-state index >= 15 is 8.78 Å². The third-order valence-corrected chi connectivity index (χ3v) is 10.6. The number of pyridine rings is 1. The molecular weight excluding hydrogens is 647 g/mol. The molecule has 1 amide bonds. The van der Waals surface area contributed by atoms with Crippen molar-refractivity contribution < 1.29 is 31.5 Å². The first-order valence-corrected chi connectivity index (χ1v) is 16.2. The Morgan fingerprint density at radius 1 is 1.15 bits per heavy atom. The van der Waals surface area contributed by atoms with Gasteiger partial charge < -0.3 is 14.9 Å². The number of sulfone groups is 1. The van der Waals surface area contributed by atoms with Crippen LogP contribution in [0.2, 0.25) is 5.02 Å². The number of benzene rings is 2. The Morgan fingerprint density at radius 2 is 1.87 bits per heavy atom. The van der Waals surface area contributed by atoms with Crippen LogP contribution < -0.4 is 10.6 Å². The molecule has 1 unspecified atom stereocenters. The summed E-state index contributed by atoms with van der Waals surface area (Å²) in [5.41, 5.74) is -2.17. The molecule has 10 nitrogen and oxygen atoms in total. The molecule has 2 aliphatic heterocycles. The van der Waals surface area contributed by atoms with Gasteiger partial charge in [-0.3, -0.25) is 14.3 Å². The van der Waals surface area contributed by atoms with Crippen molar-refractivity contribution in [2.45, 2.75) is 37.6 Å². The maximum Gasteiger partial charge on any atom is 0.354 e. The van der Waals surface area contributed by atoms with Gasteiger partial charge in [0.1, 0.15) is 16.5 Å². The molecule has 0 radical (unpaired) electrons. The number of fused-ring (bicyclic) bond motifs is 2. The normalized spacial score (nSPS) is 17.3. The minimum Gasteiger partial charge on any atom is -0.507 e. The van der Waals surface area contributed by atoms with Gasteiger partial charge in [-0.05, 0) is 42.7 Å². The van der Waals surface area contributed by atoms with Crippen LogP contribution in [0, 0.1) is 24.4 Å². The SMILES string of the molecule is C=CC(=O)N1CCN2c3nc(=O)n(-c4c(C)ccnc4C(C)C)c4c(Cl)c(-c5c(O)ccc(F)c5F)c(F)c(c34)S(=O)(=O)CC2C1. The Bertz CT molecular complexity index is 2170. The van der Waals surface area contributed by atoms with Crippen molar-refractivity contribution in [3.63, 3.8) is 0 Å². The Hall–Kier alpha value is -4.43. The number of aromatic hydroxyl groups is 1. The zero-order valence-corrected chi connectivity index (χ0v) is 26.4. The van der Waals surface area contributed by atoms with E-state index in [2.05, 4.69) is 16.5 Å². The number of phenols is 1. The summed E-state index contributed by atoms with van der Waals surface area (Å²) in [6.07, 6.45) is 2.61. The molecule has 4 heterocycles. The topological polar surface area (TPSA) is 126 Å². The standard InChI is InChI=1S/C31H27ClF3N5O5S/c1-5-19(42)38-10-11-39-16(12-38)13-46(44,45)29-22-28(23(32)21(25(29)35)20-18(41)7-6-17(33)24(20)34)40(31(43)37-30(22)39)27-15(4)8-9-36-26(27)14(2)3/h5-9,14,16,41H,1,10-13H2,2-4H3. The fourth-order valence-electron chi connectivity index (χ4n) is 6.30. The fourth-order valence-corrected chi connectivity index (χ4v) is 8.49. The molecule has 1 saturated heterocycles. The number of aryl methyl sites for hydroxylation is 1. The summed E-state index contributed by atoms with van der Waals surface area (Å²) in [5, 5.41) is 9.64. The average Bonchev–Trinajstić information content (AvgIpc) is 3.09. The highest BCUT2D eigenvalue weighted by atomic mass is 35.5. The van der Waals surface area contributed by atoms with Crippen molar-refractivity contribution >= 4 is 44.1 Å². The van der Waals surface area contributed by atoms with Gasteiger partial charge in [-0.25, -0.2) is 26.4 Å². The van der Waals surface area contributed by atoms with E-state index in [0.717, 1.165) is 16.7 Å². The first kappa shape index (κ1) is 31.5. The predicted octanol–water partition coefficient (Wildman–Crippen LogP) is 4.65. The van der Waals surface area contributed by atoms with E-state index in [9.17, 15) is 27.5 Å². The molecule has 1 fully saturated rings. The van der Waals surface area contributed by atoms with Crippen LogP contribution in [0.25, 0.3) is 27.7 Å². The first-order valence-electron chi connectivity index (χ1n) is 14.2. The lowest BCUT2D eigenvalue weighted by molar-refractivity contribution is -0.126. The molecule has 2 aliphatic rings. The third kappa shape index (κ3) is 4.65. The number of hydrogen-bond donors (Lipinski definition) is 1. The van der Waals surface area contributed by atoms with E-state index in [1.165, 1.54) is 16.0 Å². The maximum absolute atomic E-state index is 16.9. The van der Waals surface area contributed by atoms with Crippen molar-refractivity contribution in [2.24, 2.45) is 0 Å². The minimum atomic E-state index is -4.68. The highest BCUT2D eigenvalue weighted by Gasteiger charge is 2.43. The van der Waals surface area contributed by atoms with Crippen LogP contribution in [0.5, 0.6) is 5.75 Å². The van der Waals surface area contributed by atoms with Gasteiger partial charge in [-0.2, -0.15) is 4.98 Å². The Kier molecular flexibility index (Phi) is 7.63. The second-order valence-electron chi connectivity index (χ2n) is 11.5. The zero-order chi connectivity index (χ0) is 33.4. The number of anilines is 1. The molecule has 6 rings (SSSR count). The molecule has 0 saturated carbocycles. The van der Waals surface area contributed by atoms with Gasteiger partial charge in [-0.1, -0.05) is 32.0 Å². The molecule has 0 bridgehead atoms. The summed E-state index contributed by atoms with van der Waals surface area (Å²) in [7, 11) is -4.68. The minimum absolute atomic E-state index is 0.0221. The van der Waals surface area contributed by atoms with Gasteiger partial charge in [-0.15, -0.1) is 0 Å². The number of nitrogens with zero attached hydrogens (tertiary/aromatic N) is 5. The fraction of sp³-hybridized carbons (Fsp3) is 0.290. The third-order valence-electron chi connectivity index (χ3n) is 8.36. The lowest BCUT2D eigenvalue weighted by Crippen LogP contribution is -2.57. The van der Waals surface area contributed by atoms with Crippen molar-refractivity contribution in [3.8, 4) is 22.6 Å². The number of halogens is 4. The second-order valence-corrected chi connectivity index (χ2v) is 13.8. The van der Waals surface area contributed by atoms with Crippen molar-refractivity contribution in [2.75, 3.05) is 30.3 Å². The summed E-state index contributed by atoms with van der Waals surface area (Å²) < 4.78 is 76.3. The molecule has 15 heteroatoms. The van der Waals surface area contributed by atoms with Gasteiger partial charge >= 0.3 is 5.69 Å². The summed E-state index contributed by atoms with van der Waals surface area (Å²) in [6, 6.07) is 2.02. The van der Waals surface area contributed by atoms with Crippen LogP contribution >= 0.6 is 11.6 Å². The number of phenolic OH excluding ortho intramolecular Hbond substituents is 1. The van der Waals surface area contributed by atoms with Gasteiger partial charge in [0, 0.05) is 31.4 Å². The van der Waals surface area contributed by atoms with Crippen molar-refractivity contribution in [3.05, 3.63) is 81.3 Å². The lowest BCUT2D eigenvalue weighted by atomic mass is 9.99. The number of carbonyl (C=O) groups is 1. The number of piperazine rings is 1. The van der Waals surface area contributed by atoms with Crippen molar-refractivity contribution in [1.29, 1.82) is 0 Å². The second kappa shape index (κ2) is 11.1. The smallest absolute Gasteiger partial charge is 0.354 e. The van der Waals surface area contributed by atoms with E-state index in [1.54, 1.807) is 13.0 Å². The van der Waals surface area contributed by atoms with E-state index in [0.29, 0.717) is 17.3 Å². The highest BCUT2D eigenvalue weighted by molar-refractivity contribution is 7.91. The Labute approximate surface area is 266 Å². The van der Waals surface area contributed by atoms with Crippen LogP contribution in [0.4, 0.5) is 19.0 Å². The van der Waals surface area contributed by atoms with Crippen LogP contribution in [-0.2, 0) is 14.6 Å². The maximum atomic E-state index is 16.9. The molecule has 0 spiro atoms. The average molecular weight is 674 g/mol. The molecule has 0 aliphatic carbocycles. The first-order chi connectivity index (χ1) is 21.7. The Morgan fingerprint density at radius 3 is 2.54 bits per heavy atom. The monoisotopic (exact) mass is 673 g/mol. The molecule has 4 aromatic rings. The van der Waals surface area contributed by atoms with Gasteiger partial charge in [0.25, 0.3) is 0 Å². The van der Waals surface area contributed by atoms with E-state index in [-0.39, 0.29) is 48.0 Å². The molecule has 2 aromatic heterocycles. The molecule has 1 N–H and O–H groups in total. The van der Waals surface area contributed by atoms with E-state index in [4.69, 9.17) is 11.6 Å². The number of hydrogen-bond acceptors (Lipinski definition) is 8. The lowest BCUT2D eigenvalue weighted by Gasteiger charge is -2.41. The number of carbonyl (C=O) groups excluding carboxylic acids is 1. The Balaban J connectivity index is 1.85. The summed E-state index contributed by atoms with van der Waals surface area (Å²) >= 11 is 6.89. The van der Waals surface area contributed by atoms with Gasteiger partial charge in [0.15, 0.2) is 27.3 Å². The summed E-state index contributed by atoms with van der Waals surface area (Å²) in [5.74, 6) is -7.28. The summed E-state index contributed by atoms with van der Waals surface area (Å²) in [4.78, 5) is 37.3. The quantitative estimate of drug-likeness (QED) is 0.311. The largest absolute Gasteiger partial charge is 0.507 e. The molecular formula is C31H27ClF3N5O5S. The number of amides is 1. The summed E-state index contributed by atoms with van der Waals surface area (Å²) in [6.45, 7) is 8.79. The van der Waals surface area contributed by atoms with Crippen LogP contribution in [0.15, 0.2) is 46.7 Å². The molecule has 2 aromatic carbocycles. The van der Waals surface area contributed by atoms with E-state index < -0.39 is 77.5 Å². The number of aromatic nitrogens is 3. The van der Waals surface area contributed by atoms with Crippen molar-refractivity contribution in [1.82, 2.24) is 19.4 Å².